The topological polar surface area (TPSA) is 101 Å². The average Bonchev–Trinajstić information content (AvgIpc) is 3.19. The van der Waals surface area contributed by atoms with E-state index in [0.29, 0.717) is 24.7 Å². The van der Waals surface area contributed by atoms with Gasteiger partial charge < -0.3 is 10.1 Å². The zero-order valence-electron chi connectivity index (χ0n) is 15.1. The van der Waals surface area contributed by atoms with Crippen molar-refractivity contribution >= 4 is 29.0 Å². The van der Waals surface area contributed by atoms with E-state index in [0.717, 1.165) is 29.2 Å². The van der Waals surface area contributed by atoms with Gasteiger partial charge in [-0.1, -0.05) is 6.07 Å². The van der Waals surface area contributed by atoms with Gasteiger partial charge in [0.25, 0.3) is 0 Å². The lowest BCUT2D eigenvalue weighted by Crippen LogP contribution is -2.39. The molecule has 3 N–H and O–H groups in total. The molecule has 3 aromatic heterocycles. The number of amides is 2. The first-order valence-electron chi connectivity index (χ1n) is 8.98. The summed E-state index contributed by atoms with van der Waals surface area (Å²) in [6, 6.07) is 7.19. The molecule has 1 atom stereocenters. The van der Waals surface area contributed by atoms with Gasteiger partial charge >= 0.3 is 6.03 Å². The molecule has 4 heterocycles. The van der Waals surface area contributed by atoms with Crippen molar-refractivity contribution in [3.8, 4) is 10.6 Å². The van der Waals surface area contributed by atoms with E-state index >= 15 is 0 Å². The predicted octanol–water partition coefficient (Wildman–Crippen LogP) is 2.77. The molecule has 0 saturated carbocycles. The number of aromatic nitrogens is 3. The molecular formula is C19H20N6O2S. The predicted molar refractivity (Wildman–Crippen MR) is 109 cm³/mol. The molecule has 144 valence electrons. The Morgan fingerprint density at radius 1 is 1.25 bits per heavy atom. The van der Waals surface area contributed by atoms with Crippen molar-refractivity contribution < 1.29 is 9.53 Å². The maximum absolute atomic E-state index is 12.4. The van der Waals surface area contributed by atoms with E-state index in [1.54, 1.807) is 24.0 Å². The first kappa shape index (κ1) is 18.5. The third kappa shape index (κ3) is 4.69. The molecule has 1 aliphatic rings. The molecule has 1 fully saturated rings. The molecular weight excluding hydrogens is 376 g/mol. The van der Waals surface area contributed by atoms with Crippen molar-refractivity contribution in [2.45, 2.75) is 12.5 Å². The number of pyridine rings is 2. The lowest BCUT2D eigenvalue weighted by molar-refractivity contribution is 0.0293. The largest absolute Gasteiger partial charge is 0.375 e. The summed E-state index contributed by atoms with van der Waals surface area (Å²) >= 11 is 1.46. The molecule has 28 heavy (non-hydrogen) atoms. The van der Waals surface area contributed by atoms with Crippen LogP contribution in [0.4, 0.5) is 16.4 Å². The van der Waals surface area contributed by atoms with E-state index in [1.807, 2.05) is 24.3 Å². The number of rotatable bonds is 5. The Balaban J connectivity index is 1.39. The fourth-order valence-corrected chi connectivity index (χ4v) is 3.68. The number of nitrogens with one attached hydrogen (secondary N) is 3. The lowest BCUT2D eigenvalue weighted by atomic mass is 10.1. The number of ether oxygens (including phenoxy) is 1. The number of carbonyl (C=O) groups excluding carboxylic acids is 1. The fourth-order valence-electron chi connectivity index (χ4n) is 2.93. The first-order chi connectivity index (χ1) is 13.8. The van der Waals surface area contributed by atoms with Crippen molar-refractivity contribution in [2.75, 3.05) is 30.3 Å². The van der Waals surface area contributed by atoms with Crippen molar-refractivity contribution in [2.24, 2.45) is 0 Å². The van der Waals surface area contributed by atoms with Gasteiger partial charge in [-0.25, -0.2) is 14.8 Å². The van der Waals surface area contributed by atoms with Crippen molar-refractivity contribution in [1.29, 1.82) is 0 Å². The number of hydrogen-bond donors (Lipinski definition) is 3. The molecule has 0 radical (unpaired) electrons. The van der Waals surface area contributed by atoms with Gasteiger partial charge in [0, 0.05) is 49.0 Å². The van der Waals surface area contributed by atoms with Gasteiger partial charge in [-0.3, -0.25) is 15.6 Å². The zero-order valence-corrected chi connectivity index (χ0v) is 15.9. The number of nitrogens with zero attached hydrogens (tertiary/aromatic N) is 3. The number of carbonyl (C=O) groups is 1. The average molecular weight is 396 g/mol. The summed E-state index contributed by atoms with van der Waals surface area (Å²) in [5.41, 5.74) is 1.89. The molecule has 9 heteroatoms. The third-order valence-electron chi connectivity index (χ3n) is 4.25. The van der Waals surface area contributed by atoms with Gasteiger partial charge in [-0.2, -0.15) is 0 Å². The van der Waals surface area contributed by atoms with Crippen LogP contribution in [0, 0.1) is 0 Å². The van der Waals surface area contributed by atoms with Crippen molar-refractivity contribution in [3.63, 3.8) is 0 Å². The molecule has 0 aromatic carbocycles. The van der Waals surface area contributed by atoms with Crippen LogP contribution in [0.15, 0.2) is 48.2 Å². The second kappa shape index (κ2) is 8.87. The van der Waals surface area contributed by atoms with Crippen LogP contribution >= 0.6 is 11.3 Å². The molecule has 2 amide bonds. The van der Waals surface area contributed by atoms with Gasteiger partial charge in [0.1, 0.15) is 16.6 Å². The number of thiazole rings is 1. The van der Waals surface area contributed by atoms with E-state index in [4.69, 9.17) is 4.74 Å². The van der Waals surface area contributed by atoms with Gasteiger partial charge in [0.2, 0.25) is 0 Å². The van der Waals surface area contributed by atoms with E-state index in [9.17, 15) is 4.79 Å². The van der Waals surface area contributed by atoms with E-state index in [-0.39, 0.29) is 12.1 Å². The second-order valence-electron chi connectivity index (χ2n) is 6.27. The minimum atomic E-state index is -0.380. The van der Waals surface area contributed by atoms with Crippen LogP contribution in [0.2, 0.25) is 0 Å². The van der Waals surface area contributed by atoms with Crippen molar-refractivity contribution in [3.05, 3.63) is 53.8 Å². The molecule has 0 bridgehead atoms. The normalized spacial score (nSPS) is 16.5. The van der Waals surface area contributed by atoms with Crippen LogP contribution < -0.4 is 16.0 Å². The van der Waals surface area contributed by atoms with E-state index < -0.39 is 0 Å². The van der Waals surface area contributed by atoms with E-state index in [1.165, 1.54) is 11.3 Å². The Hall–Kier alpha value is -2.88. The molecule has 0 aliphatic carbocycles. The summed E-state index contributed by atoms with van der Waals surface area (Å²) in [5.74, 6) is 1.02. The number of hydrogen-bond acceptors (Lipinski definition) is 7. The summed E-state index contributed by atoms with van der Waals surface area (Å²) in [7, 11) is 0. The minimum absolute atomic E-state index is 0.0722. The van der Waals surface area contributed by atoms with Crippen LogP contribution in [0.1, 0.15) is 5.56 Å². The smallest absolute Gasteiger partial charge is 0.326 e. The molecule has 4 rings (SSSR count). The second-order valence-corrected chi connectivity index (χ2v) is 7.12. The highest BCUT2D eigenvalue weighted by Crippen LogP contribution is 2.25. The van der Waals surface area contributed by atoms with Gasteiger partial charge in [-0.15, -0.1) is 11.3 Å². The molecule has 1 saturated heterocycles. The fraction of sp³-hybridized carbons (Fsp3) is 0.263. The van der Waals surface area contributed by atoms with E-state index in [2.05, 4.69) is 30.9 Å². The van der Waals surface area contributed by atoms with Crippen LogP contribution in [-0.2, 0) is 11.2 Å². The highest BCUT2D eigenvalue weighted by atomic mass is 32.1. The molecule has 0 spiro atoms. The SMILES string of the molecule is O=C(Nc1csc(-c2ccncc2)n1)Nc1ncccc1CC1CNCCO1. The quantitative estimate of drug-likeness (QED) is 0.613. The van der Waals surface area contributed by atoms with Crippen LogP contribution in [0.3, 0.4) is 0 Å². The van der Waals surface area contributed by atoms with Gasteiger partial charge in [-0.05, 0) is 23.8 Å². The molecule has 8 nitrogen and oxygen atoms in total. The van der Waals surface area contributed by atoms with Gasteiger partial charge in [0.05, 0.1) is 12.7 Å². The number of morpholine rings is 1. The first-order valence-corrected chi connectivity index (χ1v) is 9.86. The van der Waals surface area contributed by atoms with Gasteiger partial charge in [0.15, 0.2) is 0 Å². The third-order valence-corrected chi connectivity index (χ3v) is 5.14. The number of anilines is 2. The summed E-state index contributed by atoms with van der Waals surface area (Å²) in [5, 5.41) is 11.5. The Bertz CT molecular complexity index is 927. The Morgan fingerprint density at radius 2 is 2.14 bits per heavy atom. The Morgan fingerprint density at radius 3 is 2.96 bits per heavy atom. The zero-order chi connectivity index (χ0) is 19.2. The maximum atomic E-state index is 12.4. The monoisotopic (exact) mass is 396 g/mol. The van der Waals surface area contributed by atoms with Crippen LogP contribution in [0.5, 0.6) is 0 Å². The van der Waals surface area contributed by atoms with Crippen LogP contribution in [0.25, 0.3) is 10.6 Å². The maximum Gasteiger partial charge on any atom is 0.326 e. The summed E-state index contributed by atoms with van der Waals surface area (Å²) in [6.45, 7) is 2.35. The minimum Gasteiger partial charge on any atom is -0.375 e. The summed E-state index contributed by atoms with van der Waals surface area (Å²) in [4.78, 5) is 25.2. The highest BCUT2D eigenvalue weighted by molar-refractivity contribution is 7.13. The summed E-state index contributed by atoms with van der Waals surface area (Å²) in [6.07, 6.45) is 5.83. The lowest BCUT2D eigenvalue weighted by Gasteiger charge is -2.24. The highest BCUT2D eigenvalue weighted by Gasteiger charge is 2.17. The molecule has 1 unspecified atom stereocenters. The number of urea groups is 1. The standard InChI is InChI=1S/C19H20N6O2S/c26-19(24-16-12-28-18(23-16)13-3-6-20-7-4-13)25-17-14(2-1-5-22-17)10-15-11-21-8-9-27-15/h1-7,12,15,21H,8-11H2,(H2,22,24,25,26). The molecule has 1 aliphatic heterocycles. The van der Waals surface area contributed by atoms with Crippen molar-refractivity contribution in [1.82, 2.24) is 20.3 Å². The molecule has 3 aromatic rings. The summed E-state index contributed by atoms with van der Waals surface area (Å²) < 4.78 is 5.75. The Labute approximate surface area is 166 Å². The Kier molecular flexibility index (Phi) is 5.86. The van der Waals surface area contributed by atoms with Crippen LogP contribution in [-0.4, -0.2) is 46.8 Å².